The van der Waals surface area contributed by atoms with E-state index in [1.807, 2.05) is 0 Å². The highest BCUT2D eigenvalue weighted by Crippen LogP contribution is 2.23. The van der Waals surface area contributed by atoms with Crippen LogP contribution in [0.15, 0.2) is 49.2 Å². The van der Waals surface area contributed by atoms with Crippen molar-refractivity contribution in [3.8, 4) is 11.3 Å². The number of rotatable bonds is 4. The fourth-order valence-corrected chi connectivity index (χ4v) is 2.06. The van der Waals surface area contributed by atoms with Crippen molar-refractivity contribution in [1.29, 1.82) is 0 Å². The van der Waals surface area contributed by atoms with Crippen molar-refractivity contribution in [1.82, 2.24) is 19.9 Å². The van der Waals surface area contributed by atoms with E-state index >= 15 is 0 Å². The van der Waals surface area contributed by atoms with E-state index in [2.05, 4.69) is 19.9 Å². The largest absolute Gasteiger partial charge is 0.477 e. The standard InChI is InChI=1S/C12H7ClN2O3.C5H4N2O2/c13-9-3-7(1-2-8(9)5-16)10-4-11(12(17)18)15-6-14-10;8-5(9)4-1-2-6-3-7-4/h1-6H,(H,17,18);1-3H,(H,8,9). The van der Waals surface area contributed by atoms with E-state index < -0.39 is 11.9 Å². The van der Waals surface area contributed by atoms with Crippen molar-refractivity contribution in [2.24, 2.45) is 0 Å². The van der Waals surface area contributed by atoms with E-state index in [1.165, 1.54) is 31.0 Å². The minimum atomic E-state index is -1.13. The Morgan fingerprint density at radius 3 is 2.15 bits per heavy atom. The zero-order chi connectivity index (χ0) is 19.8. The Morgan fingerprint density at radius 1 is 0.926 bits per heavy atom. The lowest BCUT2D eigenvalue weighted by atomic mass is 10.1. The molecule has 3 aromatic rings. The summed E-state index contributed by atoms with van der Waals surface area (Å²) in [6.45, 7) is 0. The van der Waals surface area contributed by atoms with Gasteiger partial charge in [-0.2, -0.15) is 0 Å². The molecule has 136 valence electrons. The summed E-state index contributed by atoms with van der Waals surface area (Å²) in [5, 5.41) is 17.4. The van der Waals surface area contributed by atoms with Gasteiger partial charge in [0.1, 0.15) is 12.7 Å². The lowest BCUT2D eigenvalue weighted by Crippen LogP contribution is -2.01. The maximum Gasteiger partial charge on any atom is 0.354 e. The topological polar surface area (TPSA) is 143 Å². The van der Waals surface area contributed by atoms with E-state index in [4.69, 9.17) is 21.8 Å². The molecule has 9 nitrogen and oxygen atoms in total. The van der Waals surface area contributed by atoms with E-state index in [1.54, 1.807) is 18.2 Å². The van der Waals surface area contributed by atoms with Crippen LogP contribution in [0, 0.1) is 0 Å². The van der Waals surface area contributed by atoms with Gasteiger partial charge >= 0.3 is 11.9 Å². The van der Waals surface area contributed by atoms with Gasteiger partial charge in [-0.15, -0.1) is 0 Å². The summed E-state index contributed by atoms with van der Waals surface area (Å²) in [5.74, 6) is -2.16. The molecule has 0 fully saturated rings. The van der Waals surface area contributed by atoms with Crippen LogP contribution in [-0.2, 0) is 0 Å². The Kier molecular flexibility index (Phi) is 6.61. The number of carbonyl (C=O) groups is 3. The lowest BCUT2D eigenvalue weighted by molar-refractivity contribution is 0.0679. The molecule has 3 rings (SSSR count). The van der Waals surface area contributed by atoms with Crippen molar-refractivity contribution < 1.29 is 24.6 Å². The highest BCUT2D eigenvalue weighted by atomic mass is 35.5. The predicted octanol–water partition coefficient (Wildman–Crippen LogP) is 2.48. The minimum Gasteiger partial charge on any atom is -0.477 e. The van der Waals surface area contributed by atoms with Crippen molar-refractivity contribution in [3.05, 3.63) is 71.2 Å². The molecule has 0 aliphatic heterocycles. The molecule has 0 saturated heterocycles. The Hall–Kier alpha value is -3.72. The van der Waals surface area contributed by atoms with Gasteiger partial charge in [-0.3, -0.25) is 4.79 Å². The van der Waals surface area contributed by atoms with Gasteiger partial charge in [0.15, 0.2) is 17.7 Å². The van der Waals surface area contributed by atoms with Crippen molar-refractivity contribution in [2.75, 3.05) is 0 Å². The number of carbonyl (C=O) groups excluding carboxylic acids is 1. The molecule has 10 heteroatoms. The molecular formula is C17H11ClN4O5. The molecule has 0 saturated carbocycles. The fourth-order valence-electron chi connectivity index (χ4n) is 1.83. The molecule has 1 aromatic carbocycles. The van der Waals surface area contributed by atoms with Crippen LogP contribution in [0.25, 0.3) is 11.3 Å². The van der Waals surface area contributed by atoms with Crippen LogP contribution in [0.2, 0.25) is 5.02 Å². The number of hydrogen-bond acceptors (Lipinski definition) is 7. The number of hydrogen-bond donors (Lipinski definition) is 2. The van der Waals surface area contributed by atoms with E-state index in [0.29, 0.717) is 23.1 Å². The number of aldehydes is 1. The number of nitrogens with zero attached hydrogens (tertiary/aromatic N) is 4. The first-order chi connectivity index (χ1) is 12.9. The third-order valence-electron chi connectivity index (χ3n) is 3.11. The summed E-state index contributed by atoms with van der Waals surface area (Å²) >= 11 is 5.89. The molecule has 0 unspecified atom stereocenters. The molecule has 0 amide bonds. The minimum absolute atomic E-state index is 0.0185. The SMILES string of the molecule is O=C(O)c1ccncn1.O=Cc1ccc(-c2cc(C(=O)O)ncn2)cc1Cl. The average Bonchev–Trinajstić information content (AvgIpc) is 2.69. The lowest BCUT2D eigenvalue weighted by Gasteiger charge is -2.03. The summed E-state index contributed by atoms with van der Waals surface area (Å²) in [5.41, 5.74) is 1.34. The average molecular weight is 387 g/mol. The van der Waals surface area contributed by atoms with Gasteiger partial charge < -0.3 is 10.2 Å². The summed E-state index contributed by atoms with van der Waals surface area (Å²) in [6, 6.07) is 7.42. The molecule has 0 aliphatic rings. The first-order valence-corrected chi connectivity index (χ1v) is 7.60. The Balaban J connectivity index is 0.000000244. The molecule has 27 heavy (non-hydrogen) atoms. The zero-order valence-electron chi connectivity index (χ0n) is 13.5. The summed E-state index contributed by atoms with van der Waals surface area (Å²) in [7, 11) is 0. The maximum absolute atomic E-state index is 10.8. The first-order valence-electron chi connectivity index (χ1n) is 7.22. The number of benzene rings is 1. The molecule has 2 N–H and O–H groups in total. The predicted molar refractivity (Wildman–Crippen MR) is 93.8 cm³/mol. The molecule has 0 aliphatic carbocycles. The highest BCUT2D eigenvalue weighted by Gasteiger charge is 2.09. The number of carboxylic acid groups (broad SMARTS) is 2. The second kappa shape index (κ2) is 9.11. The Morgan fingerprint density at radius 2 is 1.63 bits per heavy atom. The molecule has 0 atom stereocenters. The van der Waals surface area contributed by atoms with Gasteiger partial charge in [0.25, 0.3) is 0 Å². The number of aromatic carboxylic acids is 2. The van der Waals surface area contributed by atoms with E-state index in [0.717, 1.165) is 0 Å². The Labute approximate surface area is 157 Å². The van der Waals surface area contributed by atoms with Crippen LogP contribution in [0.5, 0.6) is 0 Å². The van der Waals surface area contributed by atoms with E-state index in [-0.39, 0.29) is 16.4 Å². The molecular weight excluding hydrogens is 376 g/mol. The second-order valence-corrected chi connectivity index (χ2v) is 5.25. The van der Waals surface area contributed by atoms with Crippen molar-refractivity contribution >= 4 is 29.8 Å². The molecule has 0 spiro atoms. The summed E-state index contributed by atoms with van der Waals surface area (Å²) in [4.78, 5) is 46.1. The van der Waals surface area contributed by atoms with Crippen LogP contribution in [0.3, 0.4) is 0 Å². The third-order valence-corrected chi connectivity index (χ3v) is 3.44. The summed E-state index contributed by atoms with van der Waals surface area (Å²) in [6.07, 6.45) is 4.40. The van der Waals surface area contributed by atoms with Crippen LogP contribution < -0.4 is 0 Å². The second-order valence-electron chi connectivity index (χ2n) is 4.85. The molecule has 2 heterocycles. The number of halogens is 1. The van der Waals surface area contributed by atoms with Crippen molar-refractivity contribution in [2.45, 2.75) is 0 Å². The quantitative estimate of drug-likeness (QED) is 0.646. The fraction of sp³-hybridized carbons (Fsp3) is 0. The van der Waals surface area contributed by atoms with Crippen LogP contribution in [-0.4, -0.2) is 48.4 Å². The van der Waals surface area contributed by atoms with Gasteiger partial charge in [-0.05, 0) is 24.3 Å². The molecule has 0 bridgehead atoms. The van der Waals surface area contributed by atoms with Crippen LogP contribution >= 0.6 is 11.6 Å². The number of aromatic nitrogens is 4. The van der Waals surface area contributed by atoms with Gasteiger partial charge in [0.05, 0.1) is 10.7 Å². The van der Waals surface area contributed by atoms with Gasteiger partial charge in [0.2, 0.25) is 0 Å². The van der Waals surface area contributed by atoms with Gasteiger partial charge in [-0.25, -0.2) is 29.5 Å². The van der Waals surface area contributed by atoms with E-state index in [9.17, 15) is 14.4 Å². The molecule has 2 aromatic heterocycles. The van der Waals surface area contributed by atoms with Crippen LogP contribution in [0.1, 0.15) is 31.3 Å². The van der Waals surface area contributed by atoms with Crippen molar-refractivity contribution in [3.63, 3.8) is 0 Å². The molecule has 0 radical (unpaired) electrons. The Bertz CT molecular complexity index is 982. The maximum atomic E-state index is 10.8. The third kappa shape index (κ3) is 5.38. The monoisotopic (exact) mass is 386 g/mol. The normalized spacial score (nSPS) is 9.67. The summed E-state index contributed by atoms with van der Waals surface area (Å²) < 4.78 is 0. The number of carboxylic acids is 2. The first kappa shape index (κ1) is 19.6. The van der Waals surface area contributed by atoms with Gasteiger partial charge in [0, 0.05) is 17.3 Å². The smallest absolute Gasteiger partial charge is 0.354 e. The van der Waals surface area contributed by atoms with Gasteiger partial charge in [-0.1, -0.05) is 17.7 Å². The van der Waals surface area contributed by atoms with Crippen LogP contribution in [0.4, 0.5) is 0 Å². The zero-order valence-corrected chi connectivity index (χ0v) is 14.2. The highest BCUT2D eigenvalue weighted by molar-refractivity contribution is 6.33.